The fourth-order valence-electron chi connectivity index (χ4n) is 3.94. The van der Waals surface area contributed by atoms with Gasteiger partial charge in [-0.15, -0.1) is 0 Å². The second-order valence-electron chi connectivity index (χ2n) is 7.67. The number of rotatable bonds is 5. The Balaban J connectivity index is 1.98. The van der Waals surface area contributed by atoms with Crippen LogP contribution in [0.4, 0.5) is 0 Å². The van der Waals surface area contributed by atoms with Gasteiger partial charge < -0.3 is 21.4 Å². The number of hydrogen-bond acceptors (Lipinski definition) is 3. The van der Waals surface area contributed by atoms with E-state index in [1.165, 1.54) is 6.92 Å². The lowest BCUT2D eigenvalue weighted by atomic mass is 9.78. The molecule has 0 saturated heterocycles. The van der Waals surface area contributed by atoms with Gasteiger partial charge in [0, 0.05) is 29.9 Å². The molecule has 3 rings (SSSR count). The Morgan fingerprint density at radius 3 is 2.56 bits per heavy atom. The molecule has 1 aromatic heterocycles. The number of para-hydroxylation sites is 1. The maximum Gasteiger partial charge on any atom is 0.246 e. The SMILES string of the molecule is CC(=O)N[C@]1(C(=O)N[C@H](C(N)=O)C(C)C)CCc2[nH]c3ccccc3c2C1. The summed E-state index contributed by atoms with van der Waals surface area (Å²) in [6.07, 6.45) is 1.43. The quantitative estimate of drug-likeness (QED) is 0.632. The summed E-state index contributed by atoms with van der Waals surface area (Å²) < 4.78 is 0. The normalized spacial score (nSPS) is 20.1. The summed E-state index contributed by atoms with van der Waals surface area (Å²) in [5.41, 5.74) is 7.47. The van der Waals surface area contributed by atoms with Crippen molar-refractivity contribution in [2.75, 3.05) is 0 Å². The van der Waals surface area contributed by atoms with Gasteiger partial charge in [-0.05, 0) is 30.4 Å². The van der Waals surface area contributed by atoms with Crippen molar-refractivity contribution in [2.45, 2.75) is 51.6 Å². The summed E-state index contributed by atoms with van der Waals surface area (Å²) >= 11 is 0. The van der Waals surface area contributed by atoms with E-state index in [1.807, 2.05) is 38.1 Å². The Kier molecular flexibility index (Phi) is 4.95. The van der Waals surface area contributed by atoms with Gasteiger partial charge in [-0.3, -0.25) is 14.4 Å². The number of nitrogens with one attached hydrogen (secondary N) is 3. The maximum absolute atomic E-state index is 13.2. The molecule has 7 nitrogen and oxygen atoms in total. The van der Waals surface area contributed by atoms with E-state index in [1.54, 1.807) is 0 Å². The molecule has 1 heterocycles. The average molecular weight is 370 g/mol. The zero-order valence-corrected chi connectivity index (χ0v) is 15.9. The molecular weight excluding hydrogens is 344 g/mol. The molecule has 1 aliphatic carbocycles. The number of aromatic nitrogens is 1. The number of primary amides is 1. The second kappa shape index (κ2) is 7.06. The third-order valence-electron chi connectivity index (χ3n) is 5.29. The van der Waals surface area contributed by atoms with Crippen molar-refractivity contribution in [1.29, 1.82) is 0 Å². The fourth-order valence-corrected chi connectivity index (χ4v) is 3.94. The Labute approximate surface area is 158 Å². The number of H-pyrrole nitrogens is 1. The number of carbonyl (C=O) groups is 3. The van der Waals surface area contributed by atoms with Crippen LogP contribution in [-0.4, -0.2) is 34.3 Å². The number of aryl methyl sites for hydroxylation is 1. The van der Waals surface area contributed by atoms with Crippen molar-refractivity contribution in [3.63, 3.8) is 0 Å². The average Bonchev–Trinajstić information content (AvgIpc) is 2.96. The van der Waals surface area contributed by atoms with Crippen LogP contribution in [0.5, 0.6) is 0 Å². The van der Waals surface area contributed by atoms with Gasteiger partial charge in [-0.1, -0.05) is 32.0 Å². The van der Waals surface area contributed by atoms with E-state index in [2.05, 4.69) is 15.6 Å². The van der Waals surface area contributed by atoms with E-state index in [0.717, 1.165) is 22.2 Å². The molecule has 0 unspecified atom stereocenters. The number of nitrogens with two attached hydrogens (primary N) is 1. The van der Waals surface area contributed by atoms with Crippen LogP contribution < -0.4 is 16.4 Å². The molecule has 2 atom stereocenters. The molecule has 0 bridgehead atoms. The number of benzene rings is 1. The van der Waals surface area contributed by atoms with Crippen LogP contribution in [0.15, 0.2) is 24.3 Å². The molecule has 1 aliphatic rings. The van der Waals surface area contributed by atoms with Gasteiger partial charge in [-0.25, -0.2) is 0 Å². The smallest absolute Gasteiger partial charge is 0.246 e. The fraction of sp³-hybridized carbons (Fsp3) is 0.450. The molecule has 3 amide bonds. The third kappa shape index (κ3) is 3.54. The van der Waals surface area contributed by atoms with E-state index in [9.17, 15) is 14.4 Å². The largest absolute Gasteiger partial charge is 0.368 e. The van der Waals surface area contributed by atoms with Gasteiger partial charge in [0.1, 0.15) is 11.6 Å². The van der Waals surface area contributed by atoms with Crippen molar-refractivity contribution >= 4 is 28.6 Å². The first-order valence-electron chi connectivity index (χ1n) is 9.21. The van der Waals surface area contributed by atoms with E-state index in [0.29, 0.717) is 19.3 Å². The highest BCUT2D eigenvalue weighted by molar-refractivity contribution is 5.96. The minimum absolute atomic E-state index is 0.145. The van der Waals surface area contributed by atoms with Crippen LogP contribution in [0.25, 0.3) is 10.9 Å². The summed E-state index contributed by atoms with van der Waals surface area (Å²) in [6, 6.07) is 7.13. The van der Waals surface area contributed by atoms with Crippen LogP contribution in [-0.2, 0) is 27.2 Å². The standard InChI is InChI=1S/C20H26N4O3/c1-11(2)17(18(21)26)23-19(27)20(24-12(3)25)9-8-16-14(10-20)13-6-4-5-7-15(13)22-16/h4-7,11,17,22H,8-10H2,1-3H3,(H2,21,26)(H,23,27)(H,24,25)/t17-,20+/m0/s1. The summed E-state index contributed by atoms with van der Waals surface area (Å²) in [7, 11) is 0. The second-order valence-corrected chi connectivity index (χ2v) is 7.67. The Morgan fingerprint density at radius 1 is 1.22 bits per heavy atom. The maximum atomic E-state index is 13.2. The molecule has 27 heavy (non-hydrogen) atoms. The molecule has 0 radical (unpaired) electrons. The van der Waals surface area contributed by atoms with Crippen molar-refractivity contribution in [3.8, 4) is 0 Å². The van der Waals surface area contributed by atoms with Gasteiger partial charge in [0.2, 0.25) is 17.7 Å². The molecular formula is C20H26N4O3. The van der Waals surface area contributed by atoms with Crippen LogP contribution in [0.1, 0.15) is 38.4 Å². The first kappa shape index (κ1) is 18.9. The molecule has 0 aliphatic heterocycles. The number of fused-ring (bicyclic) bond motifs is 3. The number of aromatic amines is 1. The van der Waals surface area contributed by atoms with Crippen LogP contribution in [0.3, 0.4) is 0 Å². The minimum atomic E-state index is -1.10. The molecule has 144 valence electrons. The van der Waals surface area contributed by atoms with Crippen molar-refractivity contribution < 1.29 is 14.4 Å². The van der Waals surface area contributed by atoms with Gasteiger partial charge in [-0.2, -0.15) is 0 Å². The summed E-state index contributed by atoms with van der Waals surface area (Å²) in [5, 5.41) is 6.67. The zero-order valence-electron chi connectivity index (χ0n) is 15.9. The molecule has 0 fully saturated rings. The van der Waals surface area contributed by atoms with Crippen LogP contribution in [0.2, 0.25) is 0 Å². The highest BCUT2D eigenvalue weighted by Crippen LogP contribution is 2.34. The Morgan fingerprint density at radius 2 is 1.93 bits per heavy atom. The lowest BCUT2D eigenvalue weighted by Crippen LogP contribution is -2.64. The van der Waals surface area contributed by atoms with E-state index < -0.39 is 17.5 Å². The summed E-state index contributed by atoms with van der Waals surface area (Å²) in [5.74, 6) is -1.38. The lowest BCUT2D eigenvalue weighted by molar-refractivity contribution is -0.136. The molecule has 1 aromatic carbocycles. The number of carbonyl (C=O) groups excluding carboxylic acids is 3. The van der Waals surface area contributed by atoms with Gasteiger partial charge in [0.25, 0.3) is 0 Å². The van der Waals surface area contributed by atoms with Crippen LogP contribution >= 0.6 is 0 Å². The van der Waals surface area contributed by atoms with Gasteiger partial charge >= 0.3 is 0 Å². The molecule has 5 N–H and O–H groups in total. The number of amides is 3. The molecule has 2 aromatic rings. The predicted molar refractivity (Wildman–Crippen MR) is 103 cm³/mol. The highest BCUT2D eigenvalue weighted by Gasteiger charge is 2.44. The van der Waals surface area contributed by atoms with Gasteiger partial charge in [0.15, 0.2) is 0 Å². The first-order chi connectivity index (χ1) is 12.7. The molecule has 0 saturated carbocycles. The lowest BCUT2D eigenvalue weighted by Gasteiger charge is -2.37. The highest BCUT2D eigenvalue weighted by atomic mass is 16.2. The van der Waals surface area contributed by atoms with E-state index in [-0.39, 0.29) is 17.7 Å². The molecule has 0 spiro atoms. The summed E-state index contributed by atoms with van der Waals surface area (Å²) in [6.45, 7) is 5.03. The van der Waals surface area contributed by atoms with Gasteiger partial charge in [0.05, 0.1) is 0 Å². The minimum Gasteiger partial charge on any atom is -0.368 e. The number of hydrogen-bond donors (Lipinski definition) is 4. The van der Waals surface area contributed by atoms with E-state index in [4.69, 9.17) is 5.73 Å². The Bertz CT molecular complexity index is 902. The van der Waals surface area contributed by atoms with Crippen molar-refractivity contribution in [3.05, 3.63) is 35.5 Å². The third-order valence-corrected chi connectivity index (χ3v) is 5.29. The molecule has 7 heteroatoms. The summed E-state index contributed by atoms with van der Waals surface area (Å²) in [4.78, 5) is 40.2. The predicted octanol–water partition coefficient (Wildman–Crippen LogP) is 1.16. The zero-order chi connectivity index (χ0) is 19.8. The Hall–Kier alpha value is -2.83. The topological polar surface area (TPSA) is 117 Å². The van der Waals surface area contributed by atoms with Crippen molar-refractivity contribution in [2.24, 2.45) is 11.7 Å². The first-order valence-corrected chi connectivity index (χ1v) is 9.21. The van der Waals surface area contributed by atoms with Crippen molar-refractivity contribution in [1.82, 2.24) is 15.6 Å². The van der Waals surface area contributed by atoms with Crippen LogP contribution in [0, 0.1) is 5.92 Å². The monoisotopic (exact) mass is 370 g/mol. The van der Waals surface area contributed by atoms with E-state index >= 15 is 0 Å².